The lowest BCUT2D eigenvalue weighted by Gasteiger charge is -2.39. The monoisotopic (exact) mass is 298 g/mol. The summed E-state index contributed by atoms with van der Waals surface area (Å²) in [5.41, 5.74) is -0.428. The van der Waals surface area contributed by atoms with Crippen molar-refractivity contribution >= 4 is 11.8 Å². The largest absolute Gasteiger partial charge is 0.396 e. The van der Waals surface area contributed by atoms with Crippen LogP contribution in [0.2, 0.25) is 0 Å². The Labute approximate surface area is 128 Å². The number of nitrogens with zero attached hydrogens (tertiary/aromatic N) is 1. The highest BCUT2D eigenvalue weighted by Gasteiger charge is 2.32. The minimum absolute atomic E-state index is 0.0113. The molecule has 1 heterocycles. The molecule has 0 aromatic rings. The Bertz CT molecular complexity index is 363. The van der Waals surface area contributed by atoms with Crippen molar-refractivity contribution in [1.82, 2.24) is 10.2 Å². The number of carbonyl (C=O) groups excluding carboxylic acids is 2. The molecule has 5 heteroatoms. The number of likely N-dealkylation sites (tertiary alicyclic amines) is 1. The molecule has 0 aliphatic carbocycles. The number of rotatable bonds is 5. The zero-order valence-corrected chi connectivity index (χ0v) is 13.8. The Kier molecular flexibility index (Phi) is 6.65. The topological polar surface area (TPSA) is 69.6 Å². The van der Waals surface area contributed by atoms with Gasteiger partial charge in [0.25, 0.3) is 0 Å². The van der Waals surface area contributed by atoms with Crippen molar-refractivity contribution in [2.24, 2.45) is 11.3 Å². The third kappa shape index (κ3) is 5.65. The van der Waals surface area contributed by atoms with Gasteiger partial charge in [0, 0.05) is 37.6 Å². The first-order valence-corrected chi connectivity index (χ1v) is 7.97. The van der Waals surface area contributed by atoms with Crippen molar-refractivity contribution in [2.45, 2.75) is 59.4 Å². The summed E-state index contributed by atoms with van der Waals surface area (Å²) in [6, 6.07) is -0.0113. The average molecular weight is 298 g/mol. The fourth-order valence-corrected chi connectivity index (χ4v) is 2.68. The van der Waals surface area contributed by atoms with E-state index in [4.69, 9.17) is 5.11 Å². The van der Waals surface area contributed by atoms with E-state index in [9.17, 15) is 9.59 Å². The summed E-state index contributed by atoms with van der Waals surface area (Å²) in [5, 5.41) is 12.2. The van der Waals surface area contributed by atoms with Crippen LogP contribution in [0.15, 0.2) is 0 Å². The van der Waals surface area contributed by atoms with Gasteiger partial charge in [0.15, 0.2) is 0 Å². The summed E-state index contributed by atoms with van der Waals surface area (Å²) in [6.45, 7) is 9.05. The van der Waals surface area contributed by atoms with Crippen LogP contribution in [0.25, 0.3) is 0 Å². The maximum atomic E-state index is 12.1. The SMILES string of the molecule is CCCC(=O)N1CC(CCO)CC(NC(=O)C(C)(C)C)C1. The molecule has 2 unspecified atom stereocenters. The van der Waals surface area contributed by atoms with E-state index in [1.807, 2.05) is 32.6 Å². The first-order valence-electron chi connectivity index (χ1n) is 7.97. The molecular formula is C16H30N2O3. The van der Waals surface area contributed by atoms with E-state index in [-0.39, 0.29) is 30.4 Å². The maximum absolute atomic E-state index is 12.1. The molecule has 0 radical (unpaired) electrons. The highest BCUT2D eigenvalue weighted by atomic mass is 16.3. The molecular weight excluding hydrogens is 268 g/mol. The molecule has 0 aromatic carbocycles. The standard InChI is InChI=1S/C16H30N2O3/c1-5-6-14(20)18-10-12(7-8-19)9-13(11-18)17-15(21)16(2,3)4/h12-13,19H,5-11H2,1-4H3,(H,17,21). The van der Waals surface area contributed by atoms with E-state index in [1.165, 1.54) is 0 Å². The van der Waals surface area contributed by atoms with Crippen LogP contribution in [0, 0.1) is 11.3 Å². The average Bonchev–Trinajstić information content (AvgIpc) is 2.38. The van der Waals surface area contributed by atoms with Gasteiger partial charge in [0.2, 0.25) is 11.8 Å². The lowest BCUT2D eigenvalue weighted by molar-refractivity contribution is -0.136. The van der Waals surface area contributed by atoms with E-state index in [0.29, 0.717) is 25.9 Å². The van der Waals surface area contributed by atoms with E-state index in [0.717, 1.165) is 12.8 Å². The van der Waals surface area contributed by atoms with Crippen molar-refractivity contribution in [2.75, 3.05) is 19.7 Å². The summed E-state index contributed by atoms with van der Waals surface area (Å²) in [4.78, 5) is 26.1. The summed E-state index contributed by atoms with van der Waals surface area (Å²) in [5.74, 6) is 0.421. The quantitative estimate of drug-likeness (QED) is 0.809. The van der Waals surface area contributed by atoms with Gasteiger partial charge in [0.1, 0.15) is 0 Å². The number of aliphatic hydroxyl groups excluding tert-OH is 1. The summed E-state index contributed by atoms with van der Waals surface area (Å²) < 4.78 is 0. The van der Waals surface area contributed by atoms with E-state index >= 15 is 0 Å². The number of aliphatic hydroxyl groups is 1. The molecule has 1 rings (SSSR count). The van der Waals surface area contributed by atoms with Gasteiger partial charge in [-0.25, -0.2) is 0 Å². The van der Waals surface area contributed by atoms with E-state index in [2.05, 4.69) is 5.32 Å². The van der Waals surface area contributed by atoms with Crippen molar-refractivity contribution in [1.29, 1.82) is 0 Å². The molecule has 21 heavy (non-hydrogen) atoms. The smallest absolute Gasteiger partial charge is 0.225 e. The van der Waals surface area contributed by atoms with Gasteiger partial charge in [0.05, 0.1) is 0 Å². The van der Waals surface area contributed by atoms with E-state index in [1.54, 1.807) is 0 Å². The Morgan fingerprint density at radius 2 is 1.95 bits per heavy atom. The zero-order valence-electron chi connectivity index (χ0n) is 13.8. The number of nitrogens with one attached hydrogen (secondary N) is 1. The normalized spacial score (nSPS) is 23.0. The summed E-state index contributed by atoms with van der Waals surface area (Å²) in [6.07, 6.45) is 2.89. The van der Waals surface area contributed by atoms with Crippen LogP contribution < -0.4 is 5.32 Å². The van der Waals surface area contributed by atoms with E-state index < -0.39 is 5.41 Å². The molecule has 2 atom stereocenters. The van der Waals surface area contributed by atoms with Crippen LogP contribution in [-0.4, -0.2) is 47.6 Å². The van der Waals surface area contributed by atoms with Crippen LogP contribution in [-0.2, 0) is 9.59 Å². The van der Waals surface area contributed by atoms with Gasteiger partial charge in [-0.3, -0.25) is 9.59 Å². The Morgan fingerprint density at radius 3 is 2.48 bits per heavy atom. The molecule has 0 saturated carbocycles. The zero-order chi connectivity index (χ0) is 16.0. The molecule has 0 bridgehead atoms. The molecule has 5 nitrogen and oxygen atoms in total. The second-order valence-corrected chi connectivity index (χ2v) is 7.08. The van der Waals surface area contributed by atoms with Gasteiger partial charge in [-0.05, 0) is 25.2 Å². The fourth-order valence-electron chi connectivity index (χ4n) is 2.68. The second kappa shape index (κ2) is 7.78. The third-order valence-electron chi connectivity index (χ3n) is 3.91. The molecule has 1 saturated heterocycles. The summed E-state index contributed by atoms with van der Waals surface area (Å²) >= 11 is 0. The minimum atomic E-state index is -0.428. The van der Waals surface area contributed by atoms with Crippen molar-refractivity contribution < 1.29 is 14.7 Å². The van der Waals surface area contributed by atoms with Crippen LogP contribution in [0.5, 0.6) is 0 Å². The first kappa shape index (κ1) is 18.0. The molecule has 122 valence electrons. The van der Waals surface area contributed by atoms with Gasteiger partial charge >= 0.3 is 0 Å². The Hall–Kier alpha value is -1.10. The molecule has 1 aliphatic heterocycles. The number of hydrogen-bond acceptors (Lipinski definition) is 3. The predicted molar refractivity (Wildman–Crippen MR) is 82.7 cm³/mol. The number of piperidine rings is 1. The molecule has 2 amide bonds. The van der Waals surface area contributed by atoms with Gasteiger partial charge in [-0.15, -0.1) is 0 Å². The Balaban J connectivity index is 2.70. The van der Waals surface area contributed by atoms with Crippen LogP contribution >= 0.6 is 0 Å². The second-order valence-electron chi connectivity index (χ2n) is 7.08. The van der Waals surface area contributed by atoms with Crippen molar-refractivity contribution in [3.05, 3.63) is 0 Å². The molecule has 0 spiro atoms. The number of carbonyl (C=O) groups is 2. The maximum Gasteiger partial charge on any atom is 0.225 e. The lowest BCUT2D eigenvalue weighted by atomic mass is 9.89. The fraction of sp³-hybridized carbons (Fsp3) is 0.875. The predicted octanol–water partition coefficient (Wildman–Crippen LogP) is 1.55. The number of hydrogen-bond donors (Lipinski definition) is 2. The lowest BCUT2D eigenvalue weighted by Crippen LogP contribution is -2.54. The first-order chi connectivity index (χ1) is 9.77. The third-order valence-corrected chi connectivity index (χ3v) is 3.91. The molecule has 1 fully saturated rings. The Morgan fingerprint density at radius 1 is 1.29 bits per heavy atom. The summed E-state index contributed by atoms with van der Waals surface area (Å²) in [7, 11) is 0. The van der Waals surface area contributed by atoms with Gasteiger partial charge in [-0.2, -0.15) is 0 Å². The van der Waals surface area contributed by atoms with Gasteiger partial charge in [-0.1, -0.05) is 27.7 Å². The van der Waals surface area contributed by atoms with Crippen LogP contribution in [0.4, 0.5) is 0 Å². The van der Waals surface area contributed by atoms with Crippen LogP contribution in [0.1, 0.15) is 53.4 Å². The number of amides is 2. The van der Waals surface area contributed by atoms with Crippen molar-refractivity contribution in [3.8, 4) is 0 Å². The molecule has 1 aliphatic rings. The van der Waals surface area contributed by atoms with Gasteiger partial charge < -0.3 is 15.3 Å². The highest BCUT2D eigenvalue weighted by Crippen LogP contribution is 2.22. The van der Waals surface area contributed by atoms with Crippen molar-refractivity contribution in [3.63, 3.8) is 0 Å². The van der Waals surface area contributed by atoms with Crippen LogP contribution in [0.3, 0.4) is 0 Å². The highest BCUT2D eigenvalue weighted by molar-refractivity contribution is 5.82. The molecule has 2 N–H and O–H groups in total. The minimum Gasteiger partial charge on any atom is -0.396 e. The molecule has 0 aromatic heterocycles.